The Kier molecular flexibility index (Phi) is 5.60. The number of nitrogens with zero attached hydrogens (tertiary/aromatic N) is 1. The first-order valence-electron chi connectivity index (χ1n) is 10.1. The predicted octanol–water partition coefficient (Wildman–Crippen LogP) is 4.79. The maximum Gasteiger partial charge on any atom is 0.411 e. The molecular formula is C22H32N2O4. The standard InChI is InChI=1S/C22H32N2O4/c1-21(2,3)27-19(25)23-16-11-13-17(14-12-16)24-18(15-9-7-6-8-10-15)22(4,5)28-20(24)26/h6-10,16-18H,11-14H2,1-5H3,(H,23,25)/t16-,17-,18-/m0/s1. The van der Waals surface area contributed by atoms with Crippen molar-refractivity contribution in [2.75, 3.05) is 0 Å². The van der Waals surface area contributed by atoms with Gasteiger partial charge in [-0.3, -0.25) is 4.90 Å². The highest BCUT2D eigenvalue weighted by Gasteiger charge is 2.51. The Hall–Kier alpha value is -2.24. The number of benzene rings is 1. The molecule has 1 heterocycles. The molecule has 6 nitrogen and oxygen atoms in total. The van der Waals surface area contributed by atoms with Gasteiger partial charge in [-0.25, -0.2) is 9.59 Å². The van der Waals surface area contributed by atoms with E-state index in [2.05, 4.69) is 17.4 Å². The zero-order chi connectivity index (χ0) is 20.5. The summed E-state index contributed by atoms with van der Waals surface area (Å²) in [5.41, 5.74) is 0.00595. The smallest absolute Gasteiger partial charge is 0.411 e. The molecule has 2 aliphatic rings. The molecule has 1 saturated heterocycles. The van der Waals surface area contributed by atoms with Crippen molar-refractivity contribution in [1.82, 2.24) is 10.2 Å². The molecule has 1 N–H and O–H groups in total. The average Bonchev–Trinajstić information content (AvgIpc) is 2.83. The van der Waals surface area contributed by atoms with Gasteiger partial charge >= 0.3 is 12.2 Å². The number of nitrogens with one attached hydrogen (secondary N) is 1. The molecular weight excluding hydrogens is 356 g/mol. The second-order valence-electron chi connectivity index (χ2n) is 9.34. The number of hydrogen-bond acceptors (Lipinski definition) is 4. The van der Waals surface area contributed by atoms with Crippen LogP contribution in [-0.4, -0.2) is 40.4 Å². The number of carbonyl (C=O) groups is 2. The lowest BCUT2D eigenvalue weighted by molar-refractivity contribution is 0.0476. The van der Waals surface area contributed by atoms with Gasteiger partial charge in [0.15, 0.2) is 0 Å². The number of carbonyl (C=O) groups excluding carboxylic acids is 2. The molecule has 0 radical (unpaired) electrons. The van der Waals surface area contributed by atoms with Crippen LogP contribution in [0.3, 0.4) is 0 Å². The molecule has 1 aliphatic carbocycles. The number of hydrogen-bond donors (Lipinski definition) is 1. The Balaban J connectivity index is 1.66. The van der Waals surface area contributed by atoms with Crippen molar-refractivity contribution in [2.24, 2.45) is 0 Å². The second kappa shape index (κ2) is 7.64. The van der Waals surface area contributed by atoms with Crippen LogP contribution < -0.4 is 5.32 Å². The van der Waals surface area contributed by atoms with Gasteiger partial charge < -0.3 is 14.8 Å². The zero-order valence-corrected chi connectivity index (χ0v) is 17.5. The second-order valence-corrected chi connectivity index (χ2v) is 9.34. The molecule has 2 fully saturated rings. The zero-order valence-electron chi connectivity index (χ0n) is 17.5. The quantitative estimate of drug-likeness (QED) is 0.808. The topological polar surface area (TPSA) is 67.9 Å². The molecule has 1 atom stereocenters. The third-order valence-corrected chi connectivity index (χ3v) is 5.42. The van der Waals surface area contributed by atoms with E-state index in [0.717, 1.165) is 31.2 Å². The number of ether oxygens (including phenoxy) is 2. The van der Waals surface area contributed by atoms with Gasteiger partial charge in [-0.15, -0.1) is 0 Å². The van der Waals surface area contributed by atoms with Crippen LogP contribution in [-0.2, 0) is 9.47 Å². The van der Waals surface area contributed by atoms with Crippen molar-refractivity contribution in [1.29, 1.82) is 0 Å². The van der Waals surface area contributed by atoms with Gasteiger partial charge in [0.25, 0.3) is 0 Å². The molecule has 1 saturated carbocycles. The maximum atomic E-state index is 12.7. The summed E-state index contributed by atoms with van der Waals surface area (Å²) >= 11 is 0. The summed E-state index contributed by atoms with van der Waals surface area (Å²) in [6.45, 7) is 9.51. The molecule has 28 heavy (non-hydrogen) atoms. The van der Waals surface area contributed by atoms with E-state index >= 15 is 0 Å². The van der Waals surface area contributed by atoms with Gasteiger partial charge in [0, 0.05) is 12.1 Å². The number of alkyl carbamates (subject to hydrolysis) is 1. The van der Waals surface area contributed by atoms with Gasteiger partial charge in [-0.05, 0) is 65.9 Å². The van der Waals surface area contributed by atoms with Crippen molar-refractivity contribution in [3.05, 3.63) is 35.9 Å². The summed E-state index contributed by atoms with van der Waals surface area (Å²) in [7, 11) is 0. The van der Waals surface area contributed by atoms with Gasteiger partial charge in [0.1, 0.15) is 11.2 Å². The monoisotopic (exact) mass is 388 g/mol. The van der Waals surface area contributed by atoms with Crippen molar-refractivity contribution < 1.29 is 19.1 Å². The largest absolute Gasteiger partial charge is 0.444 e. The van der Waals surface area contributed by atoms with E-state index in [-0.39, 0.29) is 30.3 Å². The molecule has 1 aromatic rings. The lowest BCUT2D eigenvalue weighted by atomic mass is 9.86. The molecule has 0 spiro atoms. The Bertz CT molecular complexity index is 703. The third-order valence-electron chi connectivity index (χ3n) is 5.42. The van der Waals surface area contributed by atoms with Crippen LogP contribution in [0.4, 0.5) is 9.59 Å². The first-order chi connectivity index (χ1) is 13.1. The molecule has 0 aromatic heterocycles. The predicted molar refractivity (Wildman–Crippen MR) is 107 cm³/mol. The molecule has 6 heteroatoms. The lowest BCUT2D eigenvalue weighted by Crippen LogP contribution is -2.47. The Morgan fingerprint density at radius 3 is 2.32 bits per heavy atom. The minimum atomic E-state index is -0.579. The average molecular weight is 389 g/mol. The number of amides is 2. The molecule has 0 unspecified atom stereocenters. The van der Waals surface area contributed by atoms with E-state index in [4.69, 9.17) is 9.47 Å². The fraction of sp³-hybridized carbons (Fsp3) is 0.636. The molecule has 0 bridgehead atoms. The van der Waals surface area contributed by atoms with E-state index in [9.17, 15) is 9.59 Å². The van der Waals surface area contributed by atoms with E-state index in [1.165, 1.54) is 0 Å². The molecule has 1 aromatic carbocycles. The highest BCUT2D eigenvalue weighted by Crippen LogP contribution is 2.44. The van der Waals surface area contributed by atoms with Crippen molar-refractivity contribution in [3.63, 3.8) is 0 Å². The first kappa shape index (κ1) is 20.5. The third kappa shape index (κ3) is 4.59. The summed E-state index contributed by atoms with van der Waals surface area (Å²) in [5, 5.41) is 2.96. The Morgan fingerprint density at radius 2 is 1.75 bits per heavy atom. The minimum absolute atomic E-state index is 0.0768. The first-order valence-corrected chi connectivity index (χ1v) is 10.1. The highest BCUT2D eigenvalue weighted by molar-refractivity contribution is 5.72. The Labute approximate surface area is 167 Å². The van der Waals surface area contributed by atoms with Gasteiger partial charge in [-0.1, -0.05) is 30.3 Å². The van der Waals surface area contributed by atoms with Crippen molar-refractivity contribution in [2.45, 2.75) is 89.6 Å². The maximum absolute atomic E-state index is 12.7. The summed E-state index contributed by atoms with van der Waals surface area (Å²) in [4.78, 5) is 26.6. The van der Waals surface area contributed by atoms with Gasteiger partial charge in [0.05, 0.1) is 6.04 Å². The molecule has 154 valence electrons. The Morgan fingerprint density at radius 1 is 1.14 bits per heavy atom. The van der Waals surface area contributed by atoms with Crippen LogP contribution >= 0.6 is 0 Å². The molecule has 1 aliphatic heterocycles. The SMILES string of the molecule is CC(C)(C)OC(=O)N[C@H]1CC[C@H](N2C(=O)OC(C)(C)[C@@H]2c2ccccc2)CC1. The normalized spacial score (nSPS) is 27.2. The summed E-state index contributed by atoms with van der Waals surface area (Å²) < 4.78 is 11.1. The molecule has 2 amide bonds. The van der Waals surface area contributed by atoms with Crippen LogP contribution in [0.2, 0.25) is 0 Å². The lowest BCUT2D eigenvalue weighted by Gasteiger charge is -2.38. The van der Waals surface area contributed by atoms with E-state index in [1.54, 1.807) is 0 Å². The summed E-state index contributed by atoms with van der Waals surface area (Å²) in [6.07, 6.45) is 2.66. The fourth-order valence-corrected chi connectivity index (χ4v) is 4.30. The highest BCUT2D eigenvalue weighted by atomic mass is 16.6. The minimum Gasteiger partial charge on any atom is -0.444 e. The van der Waals surface area contributed by atoms with Crippen LogP contribution in [0, 0.1) is 0 Å². The number of cyclic esters (lactones) is 1. The summed E-state index contributed by atoms with van der Waals surface area (Å²) in [6, 6.07) is 10.1. The van der Waals surface area contributed by atoms with Crippen LogP contribution in [0.15, 0.2) is 30.3 Å². The fourth-order valence-electron chi connectivity index (χ4n) is 4.30. The number of rotatable bonds is 3. The van der Waals surface area contributed by atoms with Gasteiger partial charge in [0.2, 0.25) is 0 Å². The van der Waals surface area contributed by atoms with Crippen LogP contribution in [0.1, 0.15) is 71.9 Å². The summed E-state index contributed by atoms with van der Waals surface area (Å²) in [5.74, 6) is 0. The van der Waals surface area contributed by atoms with E-state index < -0.39 is 11.2 Å². The van der Waals surface area contributed by atoms with Crippen molar-refractivity contribution >= 4 is 12.2 Å². The van der Waals surface area contributed by atoms with E-state index in [1.807, 2.05) is 57.7 Å². The van der Waals surface area contributed by atoms with Crippen LogP contribution in [0.5, 0.6) is 0 Å². The van der Waals surface area contributed by atoms with Gasteiger partial charge in [-0.2, -0.15) is 0 Å². The van der Waals surface area contributed by atoms with Crippen LogP contribution in [0.25, 0.3) is 0 Å². The van der Waals surface area contributed by atoms with E-state index in [0.29, 0.717) is 0 Å². The van der Waals surface area contributed by atoms with Crippen molar-refractivity contribution in [3.8, 4) is 0 Å². The molecule has 3 rings (SSSR count).